The van der Waals surface area contributed by atoms with E-state index in [1.54, 1.807) is 12.0 Å². The Morgan fingerprint density at radius 1 is 1.23 bits per heavy atom. The summed E-state index contributed by atoms with van der Waals surface area (Å²) in [5.41, 5.74) is 0.554. The van der Waals surface area contributed by atoms with Crippen molar-refractivity contribution in [2.45, 2.75) is 33.3 Å². The molecule has 1 aliphatic rings. The Kier molecular flexibility index (Phi) is 4.78. The number of amides is 1. The first-order chi connectivity index (χ1) is 10.3. The van der Waals surface area contributed by atoms with Gasteiger partial charge >= 0.3 is 6.09 Å². The van der Waals surface area contributed by atoms with E-state index >= 15 is 0 Å². The van der Waals surface area contributed by atoms with Crippen molar-refractivity contribution in [2.24, 2.45) is 0 Å². The van der Waals surface area contributed by atoms with Crippen LogP contribution in [0.2, 0.25) is 0 Å². The van der Waals surface area contributed by atoms with Crippen molar-refractivity contribution in [1.29, 1.82) is 0 Å². The number of hydrogen-bond acceptors (Lipinski definition) is 5. The highest BCUT2D eigenvalue weighted by Gasteiger charge is 2.26. The Labute approximate surface area is 132 Å². The van der Waals surface area contributed by atoms with E-state index in [-0.39, 0.29) is 6.09 Å². The van der Waals surface area contributed by atoms with E-state index in [0.29, 0.717) is 13.1 Å². The molecule has 2 rings (SSSR count). The monoisotopic (exact) mass is 307 g/mol. The second-order valence-corrected chi connectivity index (χ2v) is 6.47. The van der Waals surface area contributed by atoms with Crippen LogP contribution in [0.15, 0.2) is 12.3 Å². The molecule has 6 heteroatoms. The maximum Gasteiger partial charge on any atom is 0.410 e. The summed E-state index contributed by atoms with van der Waals surface area (Å²) in [6.45, 7) is 10.3. The van der Waals surface area contributed by atoms with E-state index in [4.69, 9.17) is 9.47 Å². The van der Waals surface area contributed by atoms with Gasteiger partial charge in [-0.15, -0.1) is 0 Å². The van der Waals surface area contributed by atoms with Crippen LogP contribution in [0.25, 0.3) is 0 Å². The molecule has 1 aromatic rings. The number of carbonyl (C=O) groups excluding carboxylic acids is 1. The van der Waals surface area contributed by atoms with Gasteiger partial charge in [0.15, 0.2) is 0 Å². The van der Waals surface area contributed by atoms with E-state index in [1.807, 2.05) is 40.0 Å². The molecule has 0 saturated carbocycles. The standard InChI is InChI=1S/C16H25N3O3/c1-12-11-17-14(10-13(12)21-5)18-6-8-19(9-7-18)15(20)22-16(2,3)4/h10-11H,6-9H2,1-5H3. The van der Waals surface area contributed by atoms with Gasteiger partial charge in [0.25, 0.3) is 0 Å². The third-order valence-electron chi connectivity index (χ3n) is 3.51. The molecule has 1 aliphatic heterocycles. The molecule has 0 spiro atoms. The molecule has 1 saturated heterocycles. The highest BCUT2D eigenvalue weighted by Crippen LogP contribution is 2.23. The number of carbonyl (C=O) groups is 1. The predicted octanol–water partition coefficient (Wildman–Crippen LogP) is 2.46. The van der Waals surface area contributed by atoms with Crippen LogP contribution >= 0.6 is 0 Å². The molecule has 6 nitrogen and oxygen atoms in total. The first-order valence-corrected chi connectivity index (χ1v) is 7.53. The number of piperazine rings is 1. The summed E-state index contributed by atoms with van der Waals surface area (Å²) in [6.07, 6.45) is 1.57. The zero-order valence-corrected chi connectivity index (χ0v) is 14.0. The van der Waals surface area contributed by atoms with E-state index < -0.39 is 5.60 Å². The minimum absolute atomic E-state index is 0.249. The van der Waals surface area contributed by atoms with Gasteiger partial charge in [0, 0.05) is 44.0 Å². The zero-order chi connectivity index (χ0) is 16.3. The van der Waals surface area contributed by atoms with Gasteiger partial charge in [0.05, 0.1) is 7.11 Å². The maximum atomic E-state index is 12.1. The second kappa shape index (κ2) is 6.42. The third-order valence-corrected chi connectivity index (χ3v) is 3.51. The van der Waals surface area contributed by atoms with Crippen LogP contribution in [0.5, 0.6) is 5.75 Å². The lowest BCUT2D eigenvalue weighted by Gasteiger charge is -2.36. The molecule has 1 fully saturated rings. The number of anilines is 1. The van der Waals surface area contributed by atoms with Gasteiger partial charge in [-0.05, 0) is 27.7 Å². The molecule has 1 amide bonds. The van der Waals surface area contributed by atoms with Crippen LogP contribution < -0.4 is 9.64 Å². The van der Waals surface area contributed by atoms with Gasteiger partial charge in [-0.3, -0.25) is 0 Å². The van der Waals surface area contributed by atoms with Gasteiger partial charge < -0.3 is 19.3 Å². The van der Waals surface area contributed by atoms with E-state index in [2.05, 4.69) is 9.88 Å². The summed E-state index contributed by atoms with van der Waals surface area (Å²) in [5, 5.41) is 0. The number of aromatic nitrogens is 1. The average molecular weight is 307 g/mol. The quantitative estimate of drug-likeness (QED) is 0.840. The number of methoxy groups -OCH3 is 1. The zero-order valence-electron chi connectivity index (χ0n) is 14.0. The molecule has 0 radical (unpaired) electrons. The number of rotatable bonds is 2. The molecule has 0 bridgehead atoms. The lowest BCUT2D eigenvalue weighted by atomic mass is 10.2. The van der Waals surface area contributed by atoms with E-state index in [1.165, 1.54) is 0 Å². The smallest absolute Gasteiger partial charge is 0.410 e. The number of ether oxygens (including phenoxy) is 2. The summed E-state index contributed by atoms with van der Waals surface area (Å²) in [6, 6.07) is 1.94. The van der Waals surface area contributed by atoms with Crippen LogP contribution in [0.3, 0.4) is 0 Å². The fourth-order valence-corrected chi connectivity index (χ4v) is 2.33. The van der Waals surface area contributed by atoms with Gasteiger partial charge in [-0.2, -0.15) is 0 Å². The highest BCUT2D eigenvalue weighted by atomic mass is 16.6. The minimum atomic E-state index is -0.458. The molecule has 1 aromatic heterocycles. The summed E-state index contributed by atoms with van der Waals surface area (Å²) in [5.74, 6) is 1.71. The summed E-state index contributed by atoms with van der Waals surface area (Å²) < 4.78 is 10.7. The molecule has 22 heavy (non-hydrogen) atoms. The SMILES string of the molecule is COc1cc(N2CCN(C(=O)OC(C)(C)C)CC2)ncc1C. The van der Waals surface area contributed by atoms with Gasteiger partial charge in [0.2, 0.25) is 0 Å². The number of nitrogens with zero attached hydrogens (tertiary/aromatic N) is 3. The molecule has 0 atom stereocenters. The lowest BCUT2D eigenvalue weighted by Crippen LogP contribution is -2.50. The van der Waals surface area contributed by atoms with Crippen LogP contribution in [-0.4, -0.2) is 54.9 Å². The van der Waals surface area contributed by atoms with Gasteiger partial charge in [0.1, 0.15) is 17.2 Å². The lowest BCUT2D eigenvalue weighted by molar-refractivity contribution is 0.0240. The van der Waals surface area contributed by atoms with Crippen LogP contribution in [0, 0.1) is 6.92 Å². The highest BCUT2D eigenvalue weighted by molar-refractivity contribution is 5.68. The third kappa shape index (κ3) is 4.02. The van der Waals surface area contributed by atoms with Crippen molar-refractivity contribution in [1.82, 2.24) is 9.88 Å². The Hall–Kier alpha value is -1.98. The number of hydrogen-bond donors (Lipinski definition) is 0. The fourth-order valence-electron chi connectivity index (χ4n) is 2.33. The second-order valence-electron chi connectivity index (χ2n) is 6.47. The summed E-state index contributed by atoms with van der Waals surface area (Å²) >= 11 is 0. The largest absolute Gasteiger partial charge is 0.496 e. The summed E-state index contributed by atoms with van der Waals surface area (Å²) in [7, 11) is 1.66. The van der Waals surface area contributed by atoms with E-state index in [9.17, 15) is 4.79 Å². The predicted molar refractivity (Wildman–Crippen MR) is 85.5 cm³/mol. The summed E-state index contributed by atoms with van der Waals surface area (Å²) in [4.78, 5) is 20.4. The topological polar surface area (TPSA) is 54.9 Å². The minimum Gasteiger partial charge on any atom is -0.496 e. The number of aryl methyl sites for hydroxylation is 1. The van der Waals surface area contributed by atoms with Crippen molar-refractivity contribution in [3.05, 3.63) is 17.8 Å². The molecule has 0 aromatic carbocycles. The molecular weight excluding hydrogens is 282 g/mol. The first kappa shape index (κ1) is 16.4. The molecule has 0 N–H and O–H groups in total. The Morgan fingerprint density at radius 3 is 2.41 bits per heavy atom. The number of pyridine rings is 1. The van der Waals surface area contributed by atoms with Crippen LogP contribution in [0.4, 0.5) is 10.6 Å². The molecule has 122 valence electrons. The molecule has 2 heterocycles. The van der Waals surface area contributed by atoms with Crippen molar-refractivity contribution >= 4 is 11.9 Å². The molecular formula is C16H25N3O3. The van der Waals surface area contributed by atoms with Crippen LogP contribution in [-0.2, 0) is 4.74 Å². The van der Waals surface area contributed by atoms with Gasteiger partial charge in [-0.1, -0.05) is 0 Å². The average Bonchev–Trinajstić information content (AvgIpc) is 2.46. The Bertz CT molecular complexity index is 532. The van der Waals surface area contributed by atoms with Crippen molar-refractivity contribution in [3.8, 4) is 5.75 Å². The Balaban J connectivity index is 1.96. The van der Waals surface area contributed by atoms with Gasteiger partial charge in [-0.25, -0.2) is 9.78 Å². The molecule has 0 aliphatic carbocycles. The molecule has 0 unspecified atom stereocenters. The first-order valence-electron chi connectivity index (χ1n) is 7.53. The van der Waals surface area contributed by atoms with Crippen LogP contribution in [0.1, 0.15) is 26.3 Å². The van der Waals surface area contributed by atoms with E-state index in [0.717, 1.165) is 30.2 Å². The van der Waals surface area contributed by atoms with Crippen molar-refractivity contribution in [2.75, 3.05) is 38.2 Å². The normalized spacial score (nSPS) is 15.7. The maximum absolute atomic E-state index is 12.1. The Morgan fingerprint density at radius 2 is 1.86 bits per heavy atom. The fraction of sp³-hybridized carbons (Fsp3) is 0.625. The van der Waals surface area contributed by atoms with Crippen molar-refractivity contribution < 1.29 is 14.3 Å². The van der Waals surface area contributed by atoms with Crippen molar-refractivity contribution in [3.63, 3.8) is 0 Å².